The van der Waals surface area contributed by atoms with Gasteiger partial charge in [0.2, 0.25) is 5.91 Å². The van der Waals surface area contributed by atoms with Crippen LogP contribution < -0.4 is 16.6 Å². The molecule has 32 heavy (non-hydrogen) atoms. The summed E-state index contributed by atoms with van der Waals surface area (Å²) in [5.41, 5.74) is -0.452. The Labute approximate surface area is 193 Å². The number of hydrogen-bond donors (Lipinski definition) is 1. The molecule has 0 atom stereocenters. The summed E-state index contributed by atoms with van der Waals surface area (Å²) in [6.07, 6.45) is 0. The number of ether oxygens (including phenoxy) is 1. The van der Waals surface area contributed by atoms with Crippen LogP contribution >= 0.6 is 23.2 Å². The summed E-state index contributed by atoms with van der Waals surface area (Å²) in [7, 11) is 0. The molecule has 1 aromatic heterocycles. The topological polar surface area (TPSA) is 85.6 Å². The van der Waals surface area contributed by atoms with Crippen LogP contribution in [0.1, 0.15) is 0 Å². The van der Waals surface area contributed by atoms with Gasteiger partial charge < -0.3 is 10.1 Å². The highest BCUT2D eigenvalue weighted by atomic mass is 35.5. The van der Waals surface area contributed by atoms with Crippen molar-refractivity contribution < 1.29 is 9.53 Å². The fourth-order valence-corrected chi connectivity index (χ4v) is 4.00. The molecule has 2 aromatic carbocycles. The van der Waals surface area contributed by atoms with Crippen molar-refractivity contribution in [3.63, 3.8) is 0 Å². The average Bonchev–Trinajstić information content (AvgIpc) is 2.80. The highest BCUT2D eigenvalue weighted by Gasteiger charge is 2.17. The monoisotopic (exact) mass is 476 g/mol. The molecule has 168 valence electrons. The Morgan fingerprint density at radius 2 is 1.78 bits per heavy atom. The normalized spacial score (nSPS) is 14.6. The lowest BCUT2D eigenvalue weighted by Crippen LogP contribution is -2.44. The van der Waals surface area contributed by atoms with E-state index in [0.29, 0.717) is 42.2 Å². The molecule has 0 saturated carbocycles. The van der Waals surface area contributed by atoms with E-state index in [4.69, 9.17) is 27.9 Å². The quantitative estimate of drug-likeness (QED) is 0.587. The molecule has 2 heterocycles. The minimum atomic E-state index is -0.629. The van der Waals surface area contributed by atoms with E-state index >= 15 is 0 Å². The SMILES string of the molecule is O=C(Cn1c(=O)n(-c2ccc(Cl)c(Cl)c2)c(=O)c2ccccc21)NCCN1CCOCC1. The third-order valence-electron chi connectivity index (χ3n) is 5.37. The third-order valence-corrected chi connectivity index (χ3v) is 6.11. The summed E-state index contributed by atoms with van der Waals surface area (Å²) in [5, 5.41) is 3.70. The fourth-order valence-electron chi connectivity index (χ4n) is 3.70. The summed E-state index contributed by atoms with van der Waals surface area (Å²) >= 11 is 12.1. The second-order valence-corrected chi connectivity index (χ2v) is 8.24. The van der Waals surface area contributed by atoms with Crippen molar-refractivity contribution >= 4 is 40.0 Å². The van der Waals surface area contributed by atoms with Crippen molar-refractivity contribution in [1.82, 2.24) is 19.4 Å². The lowest BCUT2D eigenvalue weighted by atomic mass is 10.2. The number of halogens is 2. The zero-order valence-electron chi connectivity index (χ0n) is 17.2. The molecule has 1 N–H and O–H groups in total. The van der Waals surface area contributed by atoms with E-state index < -0.39 is 11.2 Å². The van der Waals surface area contributed by atoms with E-state index in [-0.39, 0.29) is 23.2 Å². The maximum Gasteiger partial charge on any atom is 0.336 e. The van der Waals surface area contributed by atoms with Crippen LogP contribution in [0.4, 0.5) is 0 Å². The van der Waals surface area contributed by atoms with Gasteiger partial charge in [-0.05, 0) is 30.3 Å². The Bertz CT molecular complexity index is 1270. The Kier molecular flexibility index (Phi) is 6.95. The first-order valence-corrected chi connectivity index (χ1v) is 11.0. The van der Waals surface area contributed by atoms with E-state index in [1.54, 1.807) is 30.3 Å². The van der Waals surface area contributed by atoms with Crippen LogP contribution in [0.3, 0.4) is 0 Å². The lowest BCUT2D eigenvalue weighted by molar-refractivity contribution is -0.121. The number of nitrogens with one attached hydrogen (secondary N) is 1. The number of morpholine rings is 1. The van der Waals surface area contributed by atoms with Gasteiger partial charge in [0.15, 0.2) is 0 Å². The number of aromatic nitrogens is 2. The van der Waals surface area contributed by atoms with Gasteiger partial charge in [-0.2, -0.15) is 0 Å². The molecule has 1 aliphatic heterocycles. The highest BCUT2D eigenvalue weighted by Crippen LogP contribution is 2.23. The summed E-state index contributed by atoms with van der Waals surface area (Å²) in [6, 6.07) is 11.2. The molecule has 0 unspecified atom stereocenters. The molecule has 1 aliphatic rings. The van der Waals surface area contributed by atoms with Crippen LogP contribution in [-0.4, -0.2) is 59.3 Å². The maximum absolute atomic E-state index is 13.3. The maximum atomic E-state index is 13.3. The second kappa shape index (κ2) is 9.87. The van der Waals surface area contributed by atoms with E-state index in [0.717, 1.165) is 17.7 Å². The van der Waals surface area contributed by atoms with Gasteiger partial charge in [0.25, 0.3) is 5.56 Å². The van der Waals surface area contributed by atoms with E-state index in [1.807, 2.05) is 0 Å². The molecule has 8 nitrogen and oxygen atoms in total. The second-order valence-electron chi connectivity index (χ2n) is 7.43. The van der Waals surface area contributed by atoms with Crippen LogP contribution in [0.15, 0.2) is 52.1 Å². The van der Waals surface area contributed by atoms with Crippen LogP contribution in [0.5, 0.6) is 0 Å². The van der Waals surface area contributed by atoms with Crippen LogP contribution in [0.25, 0.3) is 16.6 Å². The lowest BCUT2D eigenvalue weighted by Gasteiger charge is -2.26. The van der Waals surface area contributed by atoms with E-state index in [2.05, 4.69) is 10.2 Å². The van der Waals surface area contributed by atoms with Crippen molar-refractivity contribution in [1.29, 1.82) is 0 Å². The first-order chi connectivity index (χ1) is 15.5. The van der Waals surface area contributed by atoms with Gasteiger partial charge in [0.05, 0.1) is 39.8 Å². The predicted octanol–water partition coefficient (Wildman–Crippen LogP) is 1.91. The molecular weight excluding hydrogens is 455 g/mol. The number of carbonyl (C=O) groups excluding carboxylic acids is 1. The van der Waals surface area contributed by atoms with Gasteiger partial charge >= 0.3 is 5.69 Å². The standard InChI is InChI=1S/C22H22Cl2N4O4/c23-17-6-5-15(13-18(17)24)28-21(30)16-3-1-2-4-19(16)27(22(28)31)14-20(29)25-7-8-26-9-11-32-12-10-26/h1-6,13H,7-12,14H2,(H,25,29). The number of benzene rings is 2. The van der Waals surface area contributed by atoms with Crippen LogP contribution in [0, 0.1) is 0 Å². The van der Waals surface area contributed by atoms with Gasteiger partial charge in [-0.25, -0.2) is 9.36 Å². The molecule has 1 amide bonds. The molecule has 0 spiro atoms. The number of fused-ring (bicyclic) bond motifs is 1. The van der Waals surface area contributed by atoms with Gasteiger partial charge in [0, 0.05) is 26.2 Å². The highest BCUT2D eigenvalue weighted by molar-refractivity contribution is 6.42. The van der Waals surface area contributed by atoms with Crippen molar-refractivity contribution in [2.45, 2.75) is 6.54 Å². The first kappa shape index (κ1) is 22.5. The van der Waals surface area contributed by atoms with Crippen molar-refractivity contribution in [3.05, 3.63) is 73.3 Å². The number of rotatable bonds is 6. The largest absolute Gasteiger partial charge is 0.379 e. The van der Waals surface area contributed by atoms with Crippen molar-refractivity contribution in [3.8, 4) is 5.69 Å². The van der Waals surface area contributed by atoms with E-state index in [1.165, 1.54) is 16.7 Å². The molecule has 0 aliphatic carbocycles. The first-order valence-electron chi connectivity index (χ1n) is 10.2. The minimum absolute atomic E-state index is 0.218. The van der Waals surface area contributed by atoms with Crippen LogP contribution in [0.2, 0.25) is 10.0 Å². The minimum Gasteiger partial charge on any atom is -0.379 e. The third kappa shape index (κ3) is 4.73. The van der Waals surface area contributed by atoms with Gasteiger partial charge in [-0.3, -0.25) is 19.1 Å². The summed E-state index contributed by atoms with van der Waals surface area (Å²) in [5.74, 6) is -0.315. The smallest absolute Gasteiger partial charge is 0.336 e. The predicted molar refractivity (Wildman–Crippen MR) is 124 cm³/mol. The molecule has 1 saturated heterocycles. The molecule has 10 heteroatoms. The molecule has 4 rings (SSSR count). The number of hydrogen-bond acceptors (Lipinski definition) is 5. The Balaban J connectivity index is 1.64. The Morgan fingerprint density at radius 1 is 1.03 bits per heavy atom. The molecule has 0 bridgehead atoms. The summed E-state index contributed by atoms with van der Waals surface area (Å²) in [4.78, 5) is 41.2. The fraction of sp³-hybridized carbons (Fsp3) is 0.318. The summed E-state index contributed by atoms with van der Waals surface area (Å²) in [6.45, 7) is 3.97. The average molecular weight is 477 g/mol. The van der Waals surface area contributed by atoms with Gasteiger partial charge in [-0.15, -0.1) is 0 Å². The zero-order chi connectivity index (χ0) is 22.7. The zero-order valence-corrected chi connectivity index (χ0v) is 18.7. The van der Waals surface area contributed by atoms with Gasteiger partial charge in [-0.1, -0.05) is 35.3 Å². The molecule has 1 fully saturated rings. The Morgan fingerprint density at radius 3 is 2.53 bits per heavy atom. The number of amides is 1. The summed E-state index contributed by atoms with van der Waals surface area (Å²) < 4.78 is 7.62. The number of nitrogens with zero attached hydrogens (tertiary/aromatic N) is 3. The number of para-hydroxylation sites is 1. The molecule has 0 radical (unpaired) electrons. The molecule has 3 aromatic rings. The van der Waals surface area contributed by atoms with Crippen LogP contribution in [-0.2, 0) is 16.1 Å². The van der Waals surface area contributed by atoms with Crippen molar-refractivity contribution in [2.24, 2.45) is 0 Å². The molecular formula is C22H22Cl2N4O4. The number of carbonyl (C=O) groups is 1. The Hall–Kier alpha value is -2.65. The van der Waals surface area contributed by atoms with Crippen molar-refractivity contribution in [2.75, 3.05) is 39.4 Å². The van der Waals surface area contributed by atoms with Gasteiger partial charge in [0.1, 0.15) is 6.54 Å². The van der Waals surface area contributed by atoms with E-state index in [9.17, 15) is 14.4 Å².